The van der Waals surface area contributed by atoms with Crippen molar-refractivity contribution in [3.63, 3.8) is 0 Å². The predicted molar refractivity (Wildman–Crippen MR) is 195 cm³/mol. The molecule has 47 heavy (non-hydrogen) atoms. The van der Waals surface area contributed by atoms with Crippen molar-refractivity contribution in [2.45, 2.75) is 31.8 Å². The molecule has 1 fully saturated rings. The molecule has 1 atom stereocenters. The SMILES string of the molecule is CC1N[PH](Oc2ccccc2)(Oc2ccccc2)C(C)(C)N[PH](O)(Oc2ccccc2)N[PH]1(Oc1ccccc1)Oc1ccccc1. The van der Waals surface area contributed by atoms with E-state index in [0.29, 0.717) is 28.7 Å². The molecule has 4 N–H and O–H groups in total. The molecule has 1 aliphatic heterocycles. The third-order valence-corrected chi connectivity index (χ3v) is 18.4. The topological polar surface area (TPSA) is 102 Å². The average Bonchev–Trinajstić information content (AvgIpc) is 3.06. The molecule has 9 nitrogen and oxygen atoms in total. The maximum absolute atomic E-state index is 12.8. The Balaban J connectivity index is 1.55. The summed E-state index contributed by atoms with van der Waals surface area (Å²) in [6.07, 6.45) is 0. The van der Waals surface area contributed by atoms with Crippen molar-refractivity contribution >= 4 is 23.8 Å². The number of rotatable bonds is 10. The molecule has 1 aliphatic rings. The maximum atomic E-state index is 12.8. The molecule has 248 valence electrons. The first-order valence-corrected chi connectivity index (χ1v) is 21.0. The van der Waals surface area contributed by atoms with Crippen LogP contribution in [0.15, 0.2) is 152 Å². The van der Waals surface area contributed by atoms with E-state index in [-0.39, 0.29) is 0 Å². The normalized spacial score (nSPS) is 21.3. The van der Waals surface area contributed by atoms with Crippen LogP contribution in [0.3, 0.4) is 0 Å². The fourth-order valence-corrected chi connectivity index (χ4v) is 16.8. The van der Waals surface area contributed by atoms with Crippen LogP contribution in [0.2, 0.25) is 0 Å². The Labute approximate surface area is 277 Å². The third-order valence-electron chi connectivity index (χ3n) is 7.67. The number of hydrogen-bond acceptors (Lipinski definition) is 9. The van der Waals surface area contributed by atoms with E-state index in [1.807, 2.05) is 160 Å². The molecule has 0 aliphatic carbocycles. The van der Waals surface area contributed by atoms with Crippen molar-refractivity contribution in [1.29, 1.82) is 0 Å². The van der Waals surface area contributed by atoms with Gasteiger partial charge in [-0.1, -0.05) is 0 Å². The van der Waals surface area contributed by atoms with Crippen molar-refractivity contribution in [3.8, 4) is 28.7 Å². The van der Waals surface area contributed by atoms with E-state index in [9.17, 15) is 4.89 Å². The van der Waals surface area contributed by atoms with E-state index in [2.05, 4.69) is 15.0 Å². The fraction of sp³-hybridized carbons (Fsp3) is 0.143. The molecule has 0 radical (unpaired) electrons. The molecule has 12 heteroatoms. The molecular weight excluding hydrogens is 651 g/mol. The van der Waals surface area contributed by atoms with Crippen molar-refractivity contribution in [1.82, 2.24) is 15.0 Å². The first-order chi connectivity index (χ1) is 22.7. The van der Waals surface area contributed by atoms with E-state index < -0.39 is 34.8 Å². The van der Waals surface area contributed by atoms with Crippen LogP contribution in [0, 0.1) is 0 Å². The monoisotopic (exact) mass is 693 g/mol. The van der Waals surface area contributed by atoms with E-state index in [4.69, 9.17) is 22.6 Å². The molecule has 0 saturated carbocycles. The zero-order valence-electron chi connectivity index (χ0n) is 26.5. The van der Waals surface area contributed by atoms with E-state index >= 15 is 0 Å². The minimum atomic E-state index is -4.26. The molecule has 1 heterocycles. The molecule has 1 saturated heterocycles. The fourth-order valence-electron chi connectivity index (χ4n) is 5.37. The molecule has 0 spiro atoms. The summed E-state index contributed by atoms with van der Waals surface area (Å²) >= 11 is 0. The molecule has 0 bridgehead atoms. The quantitative estimate of drug-likeness (QED) is 0.107. The van der Waals surface area contributed by atoms with Gasteiger partial charge in [-0.25, -0.2) is 0 Å². The summed E-state index contributed by atoms with van der Waals surface area (Å²) in [5, 5.41) is 6.24. The summed E-state index contributed by atoms with van der Waals surface area (Å²) in [6.45, 7) is 5.86. The second kappa shape index (κ2) is 14.1. The summed E-state index contributed by atoms with van der Waals surface area (Å²) in [6, 6.07) is 47.1. The predicted octanol–water partition coefficient (Wildman–Crippen LogP) is 8.64. The van der Waals surface area contributed by atoms with Crippen LogP contribution >= 0.6 is 23.8 Å². The minimum absolute atomic E-state index is 0.473. The molecule has 0 amide bonds. The van der Waals surface area contributed by atoms with Crippen molar-refractivity contribution in [3.05, 3.63) is 152 Å². The number of para-hydroxylation sites is 5. The van der Waals surface area contributed by atoms with Crippen LogP contribution in [0.4, 0.5) is 0 Å². The van der Waals surface area contributed by atoms with Crippen molar-refractivity contribution in [2.24, 2.45) is 0 Å². The van der Waals surface area contributed by atoms with Crippen LogP contribution in [-0.2, 0) is 0 Å². The Hall–Kier alpha value is -3.77. The van der Waals surface area contributed by atoms with Crippen LogP contribution in [0.5, 0.6) is 28.7 Å². The second-order valence-corrected chi connectivity index (χ2v) is 20.3. The summed E-state index contributed by atoms with van der Waals surface area (Å²) < 4.78 is 34.3. The van der Waals surface area contributed by atoms with Gasteiger partial charge in [0.15, 0.2) is 0 Å². The molecule has 5 aromatic rings. The zero-order valence-corrected chi connectivity index (χ0v) is 29.5. The standard InChI is InChI=1S/C35H42N3O6P3/c1-29-36-46(42-32-23-13-6-14-24-32,43-33-25-15-7-16-26-33)35(2,3)37-47(39,44-34-27-17-8-18-28-34)38-45(29,40-30-19-9-4-10-20-30)41-31-21-11-5-12-22-31/h4-29,36-39,45-47H,1-3H3. The first kappa shape index (κ1) is 33.1. The number of benzene rings is 5. The van der Waals surface area contributed by atoms with E-state index in [1.165, 1.54) is 0 Å². The van der Waals surface area contributed by atoms with Gasteiger partial charge in [0.2, 0.25) is 0 Å². The average molecular weight is 694 g/mol. The van der Waals surface area contributed by atoms with Gasteiger partial charge in [0.05, 0.1) is 0 Å². The number of hydrogen-bond donors (Lipinski definition) is 4. The molecule has 6 rings (SSSR count). The molecular formula is C35H42N3O6P3. The van der Waals surface area contributed by atoms with Gasteiger partial charge in [-0.3, -0.25) is 0 Å². The summed E-state index contributed by atoms with van der Waals surface area (Å²) in [4.78, 5) is 16.3. The van der Waals surface area contributed by atoms with Crippen LogP contribution in [0.1, 0.15) is 20.8 Å². The van der Waals surface area contributed by atoms with Crippen LogP contribution in [-0.4, -0.2) is 16.0 Å². The molecule has 1 unspecified atom stereocenters. The van der Waals surface area contributed by atoms with Gasteiger partial charge < -0.3 is 0 Å². The Morgan fingerprint density at radius 2 is 0.830 bits per heavy atom. The van der Waals surface area contributed by atoms with Gasteiger partial charge >= 0.3 is 279 Å². The van der Waals surface area contributed by atoms with Gasteiger partial charge in [-0.05, 0) is 0 Å². The Bertz CT molecular complexity index is 1630. The van der Waals surface area contributed by atoms with Gasteiger partial charge in [0.25, 0.3) is 0 Å². The van der Waals surface area contributed by atoms with Crippen molar-refractivity contribution < 1.29 is 27.5 Å². The van der Waals surface area contributed by atoms with Crippen molar-refractivity contribution in [2.75, 3.05) is 0 Å². The summed E-state index contributed by atoms with van der Waals surface area (Å²) in [7, 11) is -11.9. The summed E-state index contributed by atoms with van der Waals surface area (Å²) in [5.74, 6) is 2.21. The first-order valence-electron chi connectivity index (χ1n) is 15.5. The molecule has 0 aromatic heterocycles. The van der Waals surface area contributed by atoms with Gasteiger partial charge in [-0.15, -0.1) is 0 Å². The number of nitrogens with one attached hydrogen (secondary N) is 3. The molecule has 5 aromatic carbocycles. The van der Waals surface area contributed by atoms with E-state index in [1.54, 1.807) is 12.1 Å². The Morgan fingerprint density at radius 3 is 1.19 bits per heavy atom. The Morgan fingerprint density at radius 1 is 0.511 bits per heavy atom. The third kappa shape index (κ3) is 7.86. The van der Waals surface area contributed by atoms with Crippen LogP contribution in [0.25, 0.3) is 0 Å². The van der Waals surface area contributed by atoms with Gasteiger partial charge in [0.1, 0.15) is 0 Å². The van der Waals surface area contributed by atoms with Gasteiger partial charge in [-0.2, -0.15) is 0 Å². The van der Waals surface area contributed by atoms with Crippen LogP contribution < -0.4 is 37.7 Å². The second-order valence-electron chi connectivity index (χ2n) is 11.7. The summed E-state index contributed by atoms with van der Waals surface area (Å²) in [5.41, 5.74) is 0. The van der Waals surface area contributed by atoms with E-state index in [0.717, 1.165) is 0 Å². The Kier molecular flexibility index (Phi) is 9.98. The van der Waals surface area contributed by atoms with Gasteiger partial charge in [0, 0.05) is 0 Å². The zero-order chi connectivity index (χ0) is 32.8.